The van der Waals surface area contributed by atoms with Gasteiger partial charge in [0.15, 0.2) is 0 Å². The summed E-state index contributed by atoms with van der Waals surface area (Å²) in [7, 11) is 0. The van der Waals surface area contributed by atoms with Crippen LogP contribution in [0.15, 0.2) is 0 Å². The zero-order valence-corrected chi connectivity index (χ0v) is 10.2. The predicted octanol–water partition coefficient (Wildman–Crippen LogP) is 4.34. The molecule has 1 saturated carbocycles. The van der Waals surface area contributed by atoms with E-state index in [0.717, 1.165) is 12.8 Å². The van der Waals surface area contributed by atoms with Crippen molar-refractivity contribution < 1.29 is 4.74 Å². The molecule has 1 rings (SSSR count). The fraction of sp³-hybridized carbons (Fsp3) is 1.00. The van der Waals surface area contributed by atoms with Crippen LogP contribution in [0.4, 0.5) is 0 Å². The van der Waals surface area contributed by atoms with Gasteiger partial charge < -0.3 is 4.74 Å². The molecule has 1 aliphatic carbocycles. The Morgan fingerprint density at radius 1 is 1.14 bits per heavy atom. The van der Waals surface area contributed by atoms with Crippen LogP contribution < -0.4 is 0 Å². The zero-order chi connectivity index (χ0) is 10.4. The first-order chi connectivity index (χ1) is 6.77. The van der Waals surface area contributed by atoms with Gasteiger partial charge in [0, 0.05) is 0 Å². The van der Waals surface area contributed by atoms with Crippen molar-refractivity contribution in [2.75, 3.05) is 0 Å². The topological polar surface area (TPSA) is 9.23 Å². The third-order valence-corrected chi connectivity index (χ3v) is 3.75. The summed E-state index contributed by atoms with van der Waals surface area (Å²) in [6, 6.07) is 0. The molecule has 0 saturated heterocycles. The zero-order valence-electron chi connectivity index (χ0n) is 9.47. The van der Waals surface area contributed by atoms with Crippen LogP contribution in [-0.2, 0) is 4.74 Å². The summed E-state index contributed by atoms with van der Waals surface area (Å²) < 4.78 is 5.90. The molecular weight excluding hydrogens is 196 g/mol. The Labute approximate surface area is 93.2 Å². The van der Waals surface area contributed by atoms with Gasteiger partial charge in [0.05, 0.1) is 6.10 Å². The first kappa shape index (κ1) is 12.3. The van der Waals surface area contributed by atoms with Gasteiger partial charge >= 0.3 is 0 Å². The lowest BCUT2D eigenvalue weighted by Crippen LogP contribution is -2.26. The smallest absolute Gasteiger partial charge is 0.134 e. The molecule has 14 heavy (non-hydrogen) atoms. The van der Waals surface area contributed by atoms with Crippen molar-refractivity contribution in [3.05, 3.63) is 0 Å². The van der Waals surface area contributed by atoms with Crippen molar-refractivity contribution in [2.24, 2.45) is 5.92 Å². The van der Waals surface area contributed by atoms with Gasteiger partial charge in [0.25, 0.3) is 0 Å². The van der Waals surface area contributed by atoms with Gasteiger partial charge in [-0.3, -0.25) is 0 Å². The van der Waals surface area contributed by atoms with Crippen LogP contribution in [0.5, 0.6) is 0 Å². The molecule has 84 valence electrons. The Balaban J connectivity index is 2.26. The highest BCUT2D eigenvalue weighted by Gasteiger charge is 2.22. The van der Waals surface area contributed by atoms with Crippen molar-refractivity contribution in [2.45, 2.75) is 70.5 Å². The molecule has 1 nitrogen and oxygen atoms in total. The normalized spacial score (nSPS) is 21.4. The van der Waals surface area contributed by atoms with E-state index in [-0.39, 0.29) is 5.56 Å². The summed E-state index contributed by atoms with van der Waals surface area (Å²) in [6.07, 6.45) is 9.11. The van der Waals surface area contributed by atoms with Crippen molar-refractivity contribution in [3.63, 3.8) is 0 Å². The second-order valence-electron chi connectivity index (χ2n) is 4.32. The minimum atomic E-state index is -0.0619. The minimum Gasteiger partial charge on any atom is -0.359 e. The molecule has 1 fully saturated rings. The van der Waals surface area contributed by atoms with E-state index in [2.05, 4.69) is 13.8 Å². The molecule has 1 aliphatic rings. The van der Waals surface area contributed by atoms with Crippen molar-refractivity contribution in [1.82, 2.24) is 0 Å². The van der Waals surface area contributed by atoms with E-state index in [9.17, 15) is 0 Å². The predicted molar refractivity (Wildman–Crippen MR) is 61.7 cm³/mol. The molecule has 0 radical (unpaired) electrons. The quantitative estimate of drug-likeness (QED) is 0.624. The molecule has 0 aliphatic heterocycles. The molecule has 0 N–H and O–H groups in total. The third kappa shape index (κ3) is 3.78. The summed E-state index contributed by atoms with van der Waals surface area (Å²) >= 11 is 6.26. The average Bonchev–Trinajstić information content (AvgIpc) is 2.21. The Morgan fingerprint density at radius 3 is 2.21 bits per heavy atom. The van der Waals surface area contributed by atoms with Crippen LogP contribution in [0, 0.1) is 5.92 Å². The van der Waals surface area contributed by atoms with Crippen LogP contribution in [0.25, 0.3) is 0 Å². The standard InChI is InChI=1S/C12H23ClO/c1-3-10(4-2)12(13)14-11-8-6-5-7-9-11/h10-12H,3-9H2,1-2H3. The number of halogens is 1. The third-order valence-electron chi connectivity index (χ3n) is 3.29. The molecule has 0 heterocycles. The van der Waals surface area contributed by atoms with Crippen LogP contribution in [-0.4, -0.2) is 11.7 Å². The van der Waals surface area contributed by atoms with Crippen molar-refractivity contribution in [3.8, 4) is 0 Å². The van der Waals surface area contributed by atoms with E-state index in [0.29, 0.717) is 12.0 Å². The molecule has 2 heteroatoms. The lowest BCUT2D eigenvalue weighted by atomic mass is 9.97. The van der Waals surface area contributed by atoms with Crippen LogP contribution in [0.3, 0.4) is 0 Å². The molecule has 1 unspecified atom stereocenters. The molecule has 0 amide bonds. The van der Waals surface area contributed by atoms with Crippen LogP contribution >= 0.6 is 11.6 Å². The number of hydrogen-bond acceptors (Lipinski definition) is 1. The largest absolute Gasteiger partial charge is 0.359 e. The molecule has 0 spiro atoms. The first-order valence-corrected chi connectivity index (χ1v) is 6.51. The summed E-state index contributed by atoms with van der Waals surface area (Å²) in [6.45, 7) is 4.38. The highest BCUT2D eigenvalue weighted by Crippen LogP contribution is 2.27. The summed E-state index contributed by atoms with van der Waals surface area (Å²) in [5.41, 5.74) is -0.0619. The van der Waals surface area contributed by atoms with Gasteiger partial charge in [-0.15, -0.1) is 0 Å². The molecular formula is C12H23ClO. The van der Waals surface area contributed by atoms with E-state index >= 15 is 0 Å². The summed E-state index contributed by atoms with van der Waals surface area (Å²) in [5.74, 6) is 0.526. The molecule has 0 aromatic heterocycles. The minimum absolute atomic E-state index is 0.0619. The molecule has 1 atom stereocenters. The highest BCUT2D eigenvalue weighted by atomic mass is 35.5. The van der Waals surface area contributed by atoms with E-state index in [1.54, 1.807) is 0 Å². The van der Waals surface area contributed by atoms with Crippen molar-refractivity contribution in [1.29, 1.82) is 0 Å². The fourth-order valence-electron chi connectivity index (χ4n) is 2.16. The monoisotopic (exact) mass is 218 g/mol. The van der Waals surface area contributed by atoms with Gasteiger partial charge in [-0.05, 0) is 31.6 Å². The maximum Gasteiger partial charge on any atom is 0.134 e. The number of rotatable bonds is 5. The Morgan fingerprint density at radius 2 is 1.71 bits per heavy atom. The Hall–Kier alpha value is 0.250. The second kappa shape index (κ2) is 6.68. The van der Waals surface area contributed by atoms with Gasteiger partial charge in [-0.1, -0.05) is 44.7 Å². The SMILES string of the molecule is CCC(CC)C(Cl)OC1CCCCC1. The molecule has 0 aromatic rings. The van der Waals surface area contributed by atoms with Gasteiger partial charge in [0.1, 0.15) is 5.56 Å². The van der Waals surface area contributed by atoms with Gasteiger partial charge in [-0.2, -0.15) is 0 Å². The van der Waals surface area contributed by atoms with E-state index in [1.165, 1.54) is 32.1 Å². The van der Waals surface area contributed by atoms with Crippen LogP contribution in [0.2, 0.25) is 0 Å². The first-order valence-electron chi connectivity index (χ1n) is 6.07. The second-order valence-corrected chi connectivity index (χ2v) is 4.75. The molecule has 0 aromatic carbocycles. The van der Waals surface area contributed by atoms with Gasteiger partial charge in [-0.25, -0.2) is 0 Å². The fourth-order valence-corrected chi connectivity index (χ4v) is 2.66. The van der Waals surface area contributed by atoms with E-state index < -0.39 is 0 Å². The van der Waals surface area contributed by atoms with Crippen LogP contribution in [0.1, 0.15) is 58.8 Å². The Kier molecular flexibility index (Phi) is 5.88. The number of ether oxygens (including phenoxy) is 1. The highest BCUT2D eigenvalue weighted by molar-refractivity contribution is 6.19. The maximum atomic E-state index is 6.26. The lowest BCUT2D eigenvalue weighted by Gasteiger charge is -2.28. The van der Waals surface area contributed by atoms with E-state index in [1.807, 2.05) is 0 Å². The lowest BCUT2D eigenvalue weighted by molar-refractivity contribution is -0.0172. The Bertz CT molecular complexity index is 139. The summed E-state index contributed by atoms with van der Waals surface area (Å²) in [4.78, 5) is 0. The number of alkyl halides is 1. The maximum absolute atomic E-state index is 6.26. The number of hydrogen-bond donors (Lipinski definition) is 0. The van der Waals surface area contributed by atoms with E-state index in [4.69, 9.17) is 16.3 Å². The molecule has 0 bridgehead atoms. The van der Waals surface area contributed by atoms with Crippen molar-refractivity contribution >= 4 is 11.6 Å². The average molecular weight is 219 g/mol. The summed E-state index contributed by atoms with van der Waals surface area (Å²) in [5, 5.41) is 0. The van der Waals surface area contributed by atoms with Gasteiger partial charge in [0.2, 0.25) is 0 Å².